The van der Waals surface area contributed by atoms with Gasteiger partial charge in [0.2, 0.25) is 0 Å². The number of methoxy groups -OCH3 is 2. The van der Waals surface area contributed by atoms with Crippen LogP contribution in [0, 0.1) is 13.8 Å². The molecule has 2 aromatic rings. The molecule has 2 nitrogen and oxygen atoms in total. The first-order valence-electron chi connectivity index (χ1n) is 5.57. The molecule has 0 atom stereocenters. The second-order valence-corrected chi connectivity index (χ2v) is 3.70. The van der Waals surface area contributed by atoms with Crippen molar-refractivity contribution in [2.45, 2.75) is 0 Å². The van der Waals surface area contributed by atoms with Crippen LogP contribution >= 0.6 is 0 Å². The third-order valence-corrected chi connectivity index (χ3v) is 2.27. The maximum atomic E-state index is 4.96. The molecule has 3 heteroatoms. The van der Waals surface area contributed by atoms with Crippen LogP contribution in [0.5, 0.6) is 11.5 Å². The molecule has 0 amide bonds. The quantitative estimate of drug-likeness (QED) is 0.621. The van der Waals surface area contributed by atoms with Crippen LogP contribution in [0.4, 0.5) is 0 Å². The Morgan fingerprint density at radius 3 is 1.32 bits per heavy atom. The molecule has 2 rings (SSSR count). The smallest absolute Gasteiger partial charge is 0.510 e. The predicted molar refractivity (Wildman–Crippen MR) is 74.9 cm³/mol. The van der Waals surface area contributed by atoms with Crippen LogP contribution in [-0.4, -0.2) is 14.2 Å². The summed E-state index contributed by atoms with van der Waals surface area (Å²) in [5.74, 6) is 1.73. The molecule has 0 saturated heterocycles. The van der Waals surface area contributed by atoms with Crippen LogP contribution in [0.3, 0.4) is 0 Å². The van der Waals surface area contributed by atoms with Gasteiger partial charge in [0, 0.05) is 0 Å². The number of hydrogen-bond donors (Lipinski definition) is 0. The van der Waals surface area contributed by atoms with Gasteiger partial charge in [0.05, 0.1) is 25.7 Å². The molecule has 2 aromatic carbocycles. The number of ether oxygens (including phenoxy) is 2. The number of benzene rings is 2. The van der Waals surface area contributed by atoms with Gasteiger partial charge in [-0.3, -0.25) is 0 Å². The second-order valence-electron chi connectivity index (χ2n) is 3.70. The minimum absolute atomic E-state index is 0. The van der Waals surface area contributed by atoms with Crippen LogP contribution in [-0.2, 0) is 19.5 Å². The van der Waals surface area contributed by atoms with Crippen LogP contribution in [0.25, 0.3) is 0 Å². The Kier molecular flexibility index (Phi) is 8.56. The molecule has 0 radical (unpaired) electrons. The van der Waals surface area contributed by atoms with Gasteiger partial charge in [-0.2, -0.15) is 37.1 Å². The standard InChI is InChI=1S/2C8H9O.Zn/c2*1-7-4-3-5-8(6-7)9-2;/h2*3-6H,1H2,2H3;/q2*-1;+2. The number of hydrogen-bond acceptors (Lipinski definition) is 2. The molecular weight excluding hydrogens is 290 g/mol. The van der Waals surface area contributed by atoms with E-state index in [1.54, 1.807) is 14.2 Å². The summed E-state index contributed by atoms with van der Waals surface area (Å²) in [7, 11) is 3.30. The van der Waals surface area contributed by atoms with Crippen molar-refractivity contribution in [3.63, 3.8) is 0 Å². The maximum Gasteiger partial charge on any atom is 2.00 e. The summed E-state index contributed by atoms with van der Waals surface area (Å²) in [6, 6.07) is 15.3. The Morgan fingerprint density at radius 2 is 1.11 bits per heavy atom. The van der Waals surface area contributed by atoms with E-state index in [1.165, 1.54) is 0 Å². The van der Waals surface area contributed by atoms with E-state index in [4.69, 9.17) is 9.47 Å². The van der Waals surface area contributed by atoms with Crippen molar-refractivity contribution in [1.29, 1.82) is 0 Å². The van der Waals surface area contributed by atoms with Gasteiger partial charge >= 0.3 is 19.5 Å². The summed E-state index contributed by atoms with van der Waals surface area (Å²) in [5, 5.41) is 0. The topological polar surface area (TPSA) is 18.5 Å². The Morgan fingerprint density at radius 1 is 0.737 bits per heavy atom. The van der Waals surface area contributed by atoms with Gasteiger partial charge in [-0.15, -0.1) is 24.3 Å². The van der Waals surface area contributed by atoms with Gasteiger partial charge < -0.3 is 9.47 Å². The van der Waals surface area contributed by atoms with Gasteiger partial charge in [-0.1, -0.05) is 0 Å². The van der Waals surface area contributed by atoms with E-state index in [0.717, 1.165) is 22.6 Å². The van der Waals surface area contributed by atoms with Crippen molar-refractivity contribution in [2.24, 2.45) is 0 Å². The van der Waals surface area contributed by atoms with Gasteiger partial charge in [-0.25, -0.2) is 0 Å². The largest absolute Gasteiger partial charge is 2.00 e. The third kappa shape index (κ3) is 6.78. The van der Waals surface area contributed by atoms with Gasteiger partial charge in [-0.05, 0) is 12.1 Å². The summed E-state index contributed by atoms with van der Waals surface area (Å²) in [6.45, 7) is 7.50. The van der Waals surface area contributed by atoms with E-state index in [2.05, 4.69) is 13.8 Å². The van der Waals surface area contributed by atoms with Crippen LogP contribution in [0.1, 0.15) is 11.1 Å². The summed E-state index contributed by atoms with van der Waals surface area (Å²) < 4.78 is 9.91. The first-order chi connectivity index (χ1) is 8.65. The molecule has 0 saturated carbocycles. The van der Waals surface area contributed by atoms with E-state index < -0.39 is 0 Å². The van der Waals surface area contributed by atoms with Crippen molar-refractivity contribution in [3.05, 3.63) is 73.5 Å². The fraction of sp³-hybridized carbons (Fsp3) is 0.125. The number of rotatable bonds is 2. The van der Waals surface area contributed by atoms with E-state index in [1.807, 2.05) is 48.5 Å². The summed E-state index contributed by atoms with van der Waals surface area (Å²) in [5.41, 5.74) is 1.96. The first-order valence-corrected chi connectivity index (χ1v) is 5.57. The van der Waals surface area contributed by atoms with Crippen molar-refractivity contribution < 1.29 is 29.0 Å². The average Bonchev–Trinajstić information content (AvgIpc) is 2.39. The molecule has 0 unspecified atom stereocenters. The molecule has 0 aromatic heterocycles. The molecule has 19 heavy (non-hydrogen) atoms. The van der Waals surface area contributed by atoms with Gasteiger partial charge in [0.25, 0.3) is 0 Å². The molecule has 96 valence electrons. The fourth-order valence-electron chi connectivity index (χ4n) is 1.34. The van der Waals surface area contributed by atoms with Gasteiger partial charge in [0.15, 0.2) is 0 Å². The zero-order valence-corrected chi connectivity index (χ0v) is 14.5. The van der Waals surface area contributed by atoms with E-state index in [0.29, 0.717) is 0 Å². The zero-order valence-electron chi connectivity index (χ0n) is 11.6. The molecule has 0 aliphatic heterocycles. The molecule has 0 aliphatic carbocycles. The zero-order chi connectivity index (χ0) is 13.4. The van der Waals surface area contributed by atoms with Crippen LogP contribution < -0.4 is 9.47 Å². The Bertz CT molecular complexity index is 438. The molecule has 0 aliphatic rings. The summed E-state index contributed by atoms with van der Waals surface area (Å²) in [4.78, 5) is 0. The van der Waals surface area contributed by atoms with E-state index in [-0.39, 0.29) is 19.5 Å². The normalized spacial score (nSPS) is 8.53. The van der Waals surface area contributed by atoms with Crippen molar-refractivity contribution in [3.8, 4) is 11.5 Å². The van der Waals surface area contributed by atoms with Crippen molar-refractivity contribution in [2.75, 3.05) is 14.2 Å². The molecule has 0 heterocycles. The van der Waals surface area contributed by atoms with Gasteiger partial charge in [0.1, 0.15) is 0 Å². The van der Waals surface area contributed by atoms with Crippen molar-refractivity contribution in [1.82, 2.24) is 0 Å². The first kappa shape index (κ1) is 17.4. The fourth-order valence-corrected chi connectivity index (χ4v) is 1.34. The Hall–Kier alpha value is -1.60. The predicted octanol–water partition coefficient (Wildman–Crippen LogP) is 3.75. The third-order valence-electron chi connectivity index (χ3n) is 2.27. The summed E-state index contributed by atoms with van der Waals surface area (Å²) >= 11 is 0. The van der Waals surface area contributed by atoms with E-state index in [9.17, 15) is 0 Å². The van der Waals surface area contributed by atoms with E-state index >= 15 is 0 Å². The second kappa shape index (κ2) is 9.35. The molecule has 0 spiro atoms. The molecule has 0 fully saturated rings. The van der Waals surface area contributed by atoms with Crippen molar-refractivity contribution >= 4 is 0 Å². The monoisotopic (exact) mass is 306 g/mol. The maximum absolute atomic E-state index is 4.96. The molecular formula is C16H18O2Zn. The van der Waals surface area contributed by atoms with Crippen LogP contribution in [0.15, 0.2) is 48.5 Å². The Labute approximate surface area is 128 Å². The minimum Gasteiger partial charge on any atom is -0.510 e. The van der Waals surface area contributed by atoms with Crippen LogP contribution in [0.2, 0.25) is 0 Å². The molecule has 0 bridgehead atoms. The minimum atomic E-state index is 0. The SMILES string of the molecule is [CH2-]c1cccc(OC)c1.[CH2-]c1cccc(OC)c1.[Zn+2]. The average molecular weight is 308 g/mol. The Balaban J connectivity index is 0.000000324. The molecule has 0 N–H and O–H groups in total. The summed E-state index contributed by atoms with van der Waals surface area (Å²) in [6.07, 6.45) is 0.